The maximum Gasteiger partial charge on any atom is 0.226 e. The monoisotopic (exact) mass is 366 g/mol. The van der Waals surface area contributed by atoms with Crippen LogP contribution in [0.25, 0.3) is 10.6 Å². The molecule has 1 aromatic heterocycles. The molecule has 5 nitrogen and oxygen atoms in total. The van der Waals surface area contributed by atoms with Gasteiger partial charge >= 0.3 is 0 Å². The number of benzene rings is 1. The number of aromatic nitrogens is 2. The molecule has 3 N–H and O–H groups in total. The normalized spacial score (nSPS) is 19.8. The highest BCUT2D eigenvalue weighted by Gasteiger charge is 2.26. The molecule has 1 saturated carbocycles. The summed E-state index contributed by atoms with van der Waals surface area (Å²) in [6.45, 7) is 4.12. The van der Waals surface area contributed by atoms with Crippen LogP contribution in [0.4, 0.5) is 5.13 Å². The average molecular weight is 367 g/mol. The number of aryl methyl sites for hydroxylation is 2. The van der Waals surface area contributed by atoms with Gasteiger partial charge in [0.2, 0.25) is 11.0 Å². The summed E-state index contributed by atoms with van der Waals surface area (Å²) in [5.74, 6) is 0.275. The lowest BCUT2D eigenvalue weighted by Crippen LogP contribution is -2.28. The number of carbonyl (C=O) groups excluding carboxylic acids is 1. The standard InChI is InChI=1S/C17H22N4OS.ClH/c1-10-6-7-13(11(2)8-10)16-20-21-17(23-16)19-15(22)9-12-4-3-5-14(12)18;/h6-8,12,14H,3-5,9,18H2,1-2H3,(H,19,21,22);1H/t12-,14+;/m0./s1. The maximum absolute atomic E-state index is 12.1. The number of amides is 1. The SMILES string of the molecule is Cc1ccc(-c2nnc(NC(=O)C[C@@H]3CCC[C@H]3N)s2)c(C)c1.Cl. The van der Waals surface area contributed by atoms with Crippen molar-refractivity contribution in [3.8, 4) is 10.6 Å². The summed E-state index contributed by atoms with van der Waals surface area (Å²) in [5.41, 5.74) is 9.47. The van der Waals surface area contributed by atoms with Crippen molar-refractivity contribution in [3.05, 3.63) is 29.3 Å². The molecule has 0 bridgehead atoms. The Morgan fingerprint density at radius 3 is 2.79 bits per heavy atom. The van der Waals surface area contributed by atoms with Gasteiger partial charge in [-0.3, -0.25) is 4.79 Å². The number of carbonyl (C=O) groups is 1. The van der Waals surface area contributed by atoms with Gasteiger partial charge in [0.1, 0.15) is 5.01 Å². The molecule has 1 fully saturated rings. The van der Waals surface area contributed by atoms with E-state index in [1.165, 1.54) is 16.9 Å². The zero-order chi connectivity index (χ0) is 16.4. The fourth-order valence-electron chi connectivity index (χ4n) is 3.16. The zero-order valence-electron chi connectivity index (χ0n) is 13.9. The Morgan fingerprint density at radius 2 is 2.12 bits per heavy atom. The fourth-order valence-corrected chi connectivity index (χ4v) is 4.01. The average Bonchev–Trinajstić information content (AvgIpc) is 3.09. The van der Waals surface area contributed by atoms with E-state index in [1.54, 1.807) is 0 Å². The van der Waals surface area contributed by atoms with Crippen LogP contribution in [-0.4, -0.2) is 22.1 Å². The maximum atomic E-state index is 12.1. The molecular formula is C17H23ClN4OS. The van der Waals surface area contributed by atoms with Crippen molar-refractivity contribution in [2.45, 2.75) is 45.6 Å². The van der Waals surface area contributed by atoms with E-state index in [9.17, 15) is 4.79 Å². The Hall–Kier alpha value is -1.50. The minimum Gasteiger partial charge on any atom is -0.327 e. The van der Waals surface area contributed by atoms with Crippen molar-refractivity contribution in [1.82, 2.24) is 10.2 Å². The molecule has 2 atom stereocenters. The third kappa shape index (κ3) is 4.32. The molecule has 0 aliphatic heterocycles. The molecule has 0 spiro atoms. The van der Waals surface area contributed by atoms with Crippen LogP contribution in [0.2, 0.25) is 0 Å². The van der Waals surface area contributed by atoms with Gasteiger partial charge in [-0.05, 0) is 38.2 Å². The molecule has 130 valence electrons. The van der Waals surface area contributed by atoms with Crippen LogP contribution in [0.1, 0.15) is 36.8 Å². The summed E-state index contributed by atoms with van der Waals surface area (Å²) < 4.78 is 0. The Bertz CT molecular complexity index is 718. The second-order valence-electron chi connectivity index (χ2n) is 6.34. The Morgan fingerprint density at radius 1 is 1.33 bits per heavy atom. The van der Waals surface area contributed by atoms with E-state index in [0.717, 1.165) is 35.4 Å². The number of nitrogens with one attached hydrogen (secondary N) is 1. The predicted octanol–water partition coefficient (Wildman–Crippen LogP) is 3.70. The van der Waals surface area contributed by atoms with E-state index < -0.39 is 0 Å². The molecule has 1 amide bonds. The lowest BCUT2D eigenvalue weighted by atomic mass is 10.00. The van der Waals surface area contributed by atoms with E-state index in [4.69, 9.17) is 5.73 Å². The van der Waals surface area contributed by atoms with Crippen molar-refractivity contribution in [2.24, 2.45) is 11.7 Å². The van der Waals surface area contributed by atoms with E-state index in [-0.39, 0.29) is 24.4 Å². The summed E-state index contributed by atoms with van der Waals surface area (Å²) in [4.78, 5) is 12.1. The summed E-state index contributed by atoms with van der Waals surface area (Å²) in [6, 6.07) is 6.38. The van der Waals surface area contributed by atoms with E-state index in [1.807, 2.05) is 6.07 Å². The summed E-state index contributed by atoms with van der Waals surface area (Å²) in [6.07, 6.45) is 3.65. The van der Waals surface area contributed by atoms with Crippen LogP contribution in [0.5, 0.6) is 0 Å². The lowest BCUT2D eigenvalue weighted by molar-refractivity contribution is -0.117. The molecule has 3 rings (SSSR count). The molecule has 1 aliphatic rings. The van der Waals surface area contributed by atoms with Crippen LogP contribution in [-0.2, 0) is 4.79 Å². The minimum absolute atomic E-state index is 0. The summed E-state index contributed by atoms with van der Waals surface area (Å²) in [7, 11) is 0. The van der Waals surface area contributed by atoms with Crippen molar-refractivity contribution in [2.75, 3.05) is 5.32 Å². The molecule has 0 radical (unpaired) electrons. The molecule has 0 saturated heterocycles. The van der Waals surface area contributed by atoms with Gasteiger partial charge in [-0.1, -0.05) is 41.5 Å². The van der Waals surface area contributed by atoms with Gasteiger partial charge in [0.05, 0.1) is 0 Å². The Labute approximate surface area is 152 Å². The van der Waals surface area contributed by atoms with Gasteiger partial charge in [-0.15, -0.1) is 22.6 Å². The first-order chi connectivity index (χ1) is 11.0. The number of halogens is 1. The van der Waals surface area contributed by atoms with Gasteiger partial charge in [0, 0.05) is 18.0 Å². The fraction of sp³-hybridized carbons (Fsp3) is 0.471. The van der Waals surface area contributed by atoms with Crippen molar-refractivity contribution in [3.63, 3.8) is 0 Å². The highest BCUT2D eigenvalue weighted by molar-refractivity contribution is 7.18. The van der Waals surface area contributed by atoms with Crippen LogP contribution < -0.4 is 11.1 Å². The largest absolute Gasteiger partial charge is 0.327 e. The third-order valence-corrected chi connectivity index (χ3v) is 5.32. The molecule has 0 unspecified atom stereocenters. The van der Waals surface area contributed by atoms with Crippen molar-refractivity contribution in [1.29, 1.82) is 0 Å². The lowest BCUT2D eigenvalue weighted by Gasteiger charge is -2.13. The van der Waals surface area contributed by atoms with Crippen LogP contribution in [0.3, 0.4) is 0 Å². The number of hydrogen-bond donors (Lipinski definition) is 2. The number of rotatable bonds is 4. The van der Waals surface area contributed by atoms with Crippen molar-refractivity contribution < 1.29 is 4.79 Å². The third-order valence-electron chi connectivity index (χ3n) is 4.45. The number of nitrogens with two attached hydrogens (primary N) is 1. The van der Waals surface area contributed by atoms with Gasteiger partial charge in [-0.25, -0.2) is 0 Å². The molecule has 1 aromatic carbocycles. The zero-order valence-corrected chi connectivity index (χ0v) is 15.5. The molecular weight excluding hydrogens is 344 g/mol. The molecule has 1 heterocycles. The van der Waals surface area contributed by atoms with E-state index >= 15 is 0 Å². The van der Waals surface area contributed by atoms with Crippen LogP contribution >= 0.6 is 23.7 Å². The van der Waals surface area contributed by atoms with E-state index in [2.05, 4.69) is 41.5 Å². The smallest absolute Gasteiger partial charge is 0.226 e. The van der Waals surface area contributed by atoms with Gasteiger partial charge < -0.3 is 11.1 Å². The highest BCUT2D eigenvalue weighted by atomic mass is 35.5. The molecule has 7 heteroatoms. The summed E-state index contributed by atoms with van der Waals surface area (Å²) >= 11 is 1.41. The molecule has 2 aromatic rings. The first-order valence-electron chi connectivity index (χ1n) is 7.99. The van der Waals surface area contributed by atoms with E-state index in [0.29, 0.717) is 17.5 Å². The van der Waals surface area contributed by atoms with Crippen molar-refractivity contribution >= 4 is 34.8 Å². The molecule has 1 aliphatic carbocycles. The quantitative estimate of drug-likeness (QED) is 0.864. The second kappa shape index (κ2) is 8.05. The minimum atomic E-state index is -0.0179. The first-order valence-corrected chi connectivity index (χ1v) is 8.81. The second-order valence-corrected chi connectivity index (χ2v) is 7.32. The number of nitrogens with zero attached hydrogens (tertiary/aromatic N) is 2. The first kappa shape index (κ1) is 18.8. The van der Waals surface area contributed by atoms with Crippen LogP contribution in [0, 0.1) is 19.8 Å². The Kier molecular flexibility index (Phi) is 6.32. The topological polar surface area (TPSA) is 80.9 Å². The van der Waals surface area contributed by atoms with Gasteiger partial charge in [0.15, 0.2) is 0 Å². The molecule has 24 heavy (non-hydrogen) atoms. The Balaban J connectivity index is 0.00000208. The van der Waals surface area contributed by atoms with Gasteiger partial charge in [-0.2, -0.15) is 0 Å². The van der Waals surface area contributed by atoms with Crippen LogP contribution in [0.15, 0.2) is 18.2 Å². The summed E-state index contributed by atoms with van der Waals surface area (Å²) in [5, 5.41) is 12.5. The number of anilines is 1. The predicted molar refractivity (Wildman–Crippen MR) is 101 cm³/mol. The highest BCUT2D eigenvalue weighted by Crippen LogP contribution is 2.30. The number of hydrogen-bond acceptors (Lipinski definition) is 5. The van der Waals surface area contributed by atoms with Gasteiger partial charge in [0.25, 0.3) is 0 Å².